The smallest absolute Gasteiger partial charge is 0.277 e. The average molecular weight is 389 g/mol. The van der Waals surface area contributed by atoms with Crippen LogP contribution in [-0.2, 0) is 0 Å². The van der Waals surface area contributed by atoms with E-state index in [0.717, 1.165) is 11.3 Å². The molecule has 7 heteroatoms. The van der Waals surface area contributed by atoms with Crippen LogP contribution in [0.5, 0.6) is 5.75 Å². The van der Waals surface area contributed by atoms with Gasteiger partial charge in [-0.25, -0.2) is 0 Å². The number of ketones is 1. The van der Waals surface area contributed by atoms with Crippen molar-refractivity contribution < 1.29 is 13.9 Å². The van der Waals surface area contributed by atoms with E-state index >= 15 is 0 Å². The number of rotatable bonds is 7. The van der Waals surface area contributed by atoms with Gasteiger partial charge >= 0.3 is 0 Å². The van der Waals surface area contributed by atoms with Crippen molar-refractivity contribution in [1.82, 2.24) is 10.2 Å². The summed E-state index contributed by atoms with van der Waals surface area (Å²) in [6.45, 7) is 4.35. The molecule has 0 saturated carbocycles. The zero-order chi connectivity index (χ0) is 18.5. The molecular formula is C19H17ClN2O3S. The van der Waals surface area contributed by atoms with Crippen molar-refractivity contribution in [2.45, 2.75) is 24.3 Å². The number of aromatic nitrogens is 2. The molecule has 1 atom stereocenters. The lowest BCUT2D eigenvalue weighted by Crippen LogP contribution is -2.13. The van der Waals surface area contributed by atoms with Crippen molar-refractivity contribution in [3.63, 3.8) is 0 Å². The summed E-state index contributed by atoms with van der Waals surface area (Å²) >= 11 is 7.09. The molecule has 2 aromatic carbocycles. The molecule has 0 saturated heterocycles. The van der Waals surface area contributed by atoms with E-state index in [1.807, 2.05) is 38.1 Å². The van der Waals surface area contributed by atoms with Gasteiger partial charge in [-0.3, -0.25) is 4.79 Å². The first-order chi connectivity index (χ1) is 12.6. The van der Waals surface area contributed by atoms with Crippen LogP contribution in [0.15, 0.2) is 58.2 Å². The highest BCUT2D eigenvalue weighted by Crippen LogP contribution is 2.28. The maximum absolute atomic E-state index is 12.5. The minimum Gasteiger partial charge on any atom is -0.494 e. The molecule has 0 spiro atoms. The first kappa shape index (κ1) is 18.5. The summed E-state index contributed by atoms with van der Waals surface area (Å²) in [5.41, 5.74) is 1.39. The van der Waals surface area contributed by atoms with Gasteiger partial charge in [-0.05, 0) is 62.4 Å². The summed E-state index contributed by atoms with van der Waals surface area (Å²) in [5, 5.41) is 8.67. The van der Waals surface area contributed by atoms with Crippen LogP contribution in [0, 0.1) is 0 Å². The molecule has 0 fully saturated rings. The van der Waals surface area contributed by atoms with Crippen LogP contribution in [-0.4, -0.2) is 27.8 Å². The Bertz CT molecular complexity index is 879. The van der Waals surface area contributed by atoms with Crippen LogP contribution in [0.1, 0.15) is 24.2 Å². The Kier molecular flexibility index (Phi) is 5.96. The van der Waals surface area contributed by atoms with Crippen molar-refractivity contribution in [2.24, 2.45) is 0 Å². The SMILES string of the molecule is CCOc1ccc(-c2nnc(S[C@H](C)C(=O)c3ccc(Cl)cc3)o2)cc1. The Morgan fingerprint density at radius 1 is 1.15 bits per heavy atom. The minimum absolute atomic E-state index is 0.0208. The second-order valence-electron chi connectivity index (χ2n) is 5.46. The molecule has 0 radical (unpaired) electrons. The molecule has 0 aliphatic heterocycles. The predicted octanol–water partition coefficient (Wildman–Crippen LogP) is 5.15. The molecule has 3 aromatic rings. The number of halogens is 1. The van der Waals surface area contributed by atoms with Crippen LogP contribution in [0.2, 0.25) is 5.02 Å². The van der Waals surface area contributed by atoms with E-state index in [1.54, 1.807) is 24.3 Å². The fraction of sp³-hybridized carbons (Fsp3) is 0.211. The lowest BCUT2D eigenvalue weighted by atomic mass is 10.1. The zero-order valence-electron chi connectivity index (χ0n) is 14.3. The first-order valence-electron chi connectivity index (χ1n) is 8.10. The fourth-order valence-electron chi connectivity index (χ4n) is 2.29. The molecule has 0 N–H and O–H groups in total. The second-order valence-corrected chi connectivity index (χ2v) is 7.19. The third kappa shape index (κ3) is 4.45. The van der Waals surface area contributed by atoms with Gasteiger partial charge in [-0.15, -0.1) is 10.2 Å². The molecule has 26 heavy (non-hydrogen) atoms. The molecule has 0 aliphatic carbocycles. The molecule has 1 aromatic heterocycles. The monoisotopic (exact) mass is 388 g/mol. The van der Waals surface area contributed by atoms with Crippen LogP contribution in [0.25, 0.3) is 11.5 Å². The summed E-state index contributed by atoms with van der Waals surface area (Å²) < 4.78 is 11.1. The predicted molar refractivity (Wildman–Crippen MR) is 102 cm³/mol. The highest BCUT2D eigenvalue weighted by molar-refractivity contribution is 8.00. The van der Waals surface area contributed by atoms with Gasteiger partial charge in [0.05, 0.1) is 11.9 Å². The first-order valence-corrected chi connectivity index (χ1v) is 9.35. The summed E-state index contributed by atoms with van der Waals surface area (Å²) in [7, 11) is 0. The molecule has 0 bridgehead atoms. The lowest BCUT2D eigenvalue weighted by Gasteiger charge is -2.07. The van der Waals surface area contributed by atoms with Crippen LogP contribution >= 0.6 is 23.4 Å². The summed E-state index contributed by atoms with van der Waals surface area (Å²) in [4.78, 5) is 12.5. The molecule has 0 aliphatic rings. The number of carbonyl (C=O) groups is 1. The van der Waals surface area contributed by atoms with Crippen molar-refractivity contribution in [3.05, 3.63) is 59.1 Å². The zero-order valence-corrected chi connectivity index (χ0v) is 15.9. The number of carbonyl (C=O) groups excluding carboxylic acids is 1. The van der Waals surface area contributed by atoms with E-state index < -0.39 is 0 Å². The van der Waals surface area contributed by atoms with Gasteiger partial charge in [0.1, 0.15) is 5.75 Å². The second kappa shape index (κ2) is 8.38. The third-order valence-corrected chi connectivity index (χ3v) is 4.78. The number of hydrogen-bond acceptors (Lipinski definition) is 6. The molecule has 5 nitrogen and oxygen atoms in total. The maximum atomic E-state index is 12.5. The van der Waals surface area contributed by atoms with Gasteiger partial charge in [0.15, 0.2) is 5.78 Å². The van der Waals surface area contributed by atoms with Crippen molar-refractivity contribution >= 4 is 29.1 Å². The topological polar surface area (TPSA) is 65.2 Å². The number of ether oxygens (including phenoxy) is 1. The van der Waals surface area contributed by atoms with E-state index in [0.29, 0.717) is 28.3 Å². The molecule has 1 heterocycles. The van der Waals surface area contributed by atoms with E-state index in [1.165, 1.54) is 11.8 Å². The summed E-state index contributed by atoms with van der Waals surface area (Å²) in [6, 6.07) is 14.2. The highest BCUT2D eigenvalue weighted by Gasteiger charge is 2.20. The van der Waals surface area contributed by atoms with Gasteiger partial charge < -0.3 is 9.15 Å². The van der Waals surface area contributed by atoms with Gasteiger partial charge in [-0.1, -0.05) is 23.4 Å². The van der Waals surface area contributed by atoms with Crippen LogP contribution in [0.3, 0.4) is 0 Å². The molecular weight excluding hydrogens is 372 g/mol. The molecule has 0 amide bonds. The number of hydrogen-bond donors (Lipinski definition) is 0. The largest absolute Gasteiger partial charge is 0.494 e. The Hall–Kier alpha value is -2.31. The molecule has 0 unspecified atom stereocenters. The number of Topliss-reactive ketones (excluding diaryl/α,β-unsaturated/α-hetero) is 1. The molecule has 134 valence electrons. The number of nitrogens with zero attached hydrogens (tertiary/aromatic N) is 2. The van der Waals surface area contributed by atoms with Crippen LogP contribution in [0.4, 0.5) is 0 Å². The lowest BCUT2D eigenvalue weighted by molar-refractivity contribution is 0.0993. The van der Waals surface area contributed by atoms with Gasteiger partial charge in [0, 0.05) is 16.1 Å². The van der Waals surface area contributed by atoms with Crippen molar-refractivity contribution in [1.29, 1.82) is 0 Å². The van der Waals surface area contributed by atoms with Gasteiger partial charge in [0.25, 0.3) is 5.22 Å². The van der Waals surface area contributed by atoms with Gasteiger partial charge in [0.2, 0.25) is 5.89 Å². The average Bonchev–Trinajstić information content (AvgIpc) is 3.11. The van der Waals surface area contributed by atoms with E-state index in [-0.39, 0.29) is 11.0 Å². The minimum atomic E-state index is -0.357. The Labute approximate surface area is 160 Å². The fourth-order valence-corrected chi connectivity index (χ4v) is 3.17. The van der Waals surface area contributed by atoms with Crippen molar-refractivity contribution in [2.75, 3.05) is 6.61 Å². The van der Waals surface area contributed by atoms with Crippen LogP contribution < -0.4 is 4.74 Å². The maximum Gasteiger partial charge on any atom is 0.277 e. The molecule has 3 rings (SSSR count). The summed E-state index contributed by atoms with van der Waals surface area (Å²) in [5.74, 6) is 1.17. The Morgan fingerprint density at radius 2 is 1.85 bits per heavy atom. The number of benzene rings is 2. The standard InChI is InChI=1S/C19H17ClN2O3S/c1-3-24-16-10-6-14(7-11-16)18-21-22-19(25-18)26-12(2)17(23)13-4-8-15(20)9-5-13/h4-12H,3H2,1-2H3/t12-/m1/s1. The number of thioether (sulfide) groups is 1. The third-order valence-electron chi connectivity index (χ3n) is 3.59. The van der Waals surface area contributed by atoms with E-state index in [2.05, 4.69) is 10.2 Å². The quantitative estimate of drug-likeness (QED) is 0.412. The highest BCUT2D eigenvalue weighted by atomic mass is 35.5. The van der Waals surface area contributed by atoms with Crippen molar-refractivity contribution in [3.8, 4) is 17.2 Å². The Morgan fingerprint density at radius 3 is 2.50 bits per heavy atom. The van der Waals surface area contributed by atoms with Gasteiger partial charge in [-0.2, -0.15) is 0 Å². The van der Waals surface area contributed by atoms with E-state index in [9.17, 15) is 4.79 Å². The Balaban J connectivity index is 1.67. The normalized spacial score (nSPS) is 12.0. The van der Waals surface area contributed by atoms with E-state index in [4.69, 9.17) is 20.8 Å². The summed E-state index contributed by atoms with van der Waals surface area (Å²) in [6.07, 6.45) is 0.